The van der Waals surface area contributed by atoms with E-state index in [1.165, 1.54) is 13.0 Å². The van der Waals surface area contributed by atoms with Crippen LogP contribution in [0.3, 0.4) is 0 Å². The highest BCUT2D eigenvalue weighted by Gasteiger charge is 2.07. The smallest absolute Gasteiger partial charge is 0.337 e. The molecule has 0 radical (unpaired) electrons. The van der Waals surface area contributed by atoms with E-state index >= 15 is 0 Å². The molecule has 0 spiro atoms. The van der Waals surface area contributed by atoms with Crippen LogP contribution in [0.4, 0.5) is 0 Å². The van der Waals surface area contributed by atoms with Gasteiger partial charge in [-0.2, -0.15) is 0 Å². The molecule has 0 aliphatic heterocycles. The van der Waals surface area contributed by atoms with Gasteiger partial charge in [0.2, 0.25) is 0 Å². The second kappa shape index (κ2) is 6.85. The van der Waals surface area contributed by atoms with Crippen LogP contribution in [0.1, 0.15) is 13.8 Å². The summed E-state index contributed by atoms with van der Waals surface area (Å²) in [5, 5.41) is 8.48. The van der Waals surface area contributed by atoms with Gasteiger partial charge in [-0.05, 0) is 19.9 Å². The van der Waals surface area contributed by atoms with Crippen LogP contribution in [0, 0.1) is 0 Å². The van der Waals surface area contributed by atoms with Crippen molar-refractivity contribution in [3.8, 4) is 0 Å². The molecule has 0 heterocycles. The largest absolute Gasteiger partial charge is 0.478 e. The second-order valence-corrected chi connectivity index (χ2v) is 2.38. The molecule has 0 aliphatic rings. The van der Waals surface area contributed by atoms with Crippen LogP contribution in [-0.2, 0) is 14.3 Å². The van der Waals surface area contributed by atoms with E-state index in [2.05, 4.69) is 11.3 Å². The fraction of sp³-hybridized carbons (Fsp3) is 0.333. The molecule has 5 heteroatoms. The number of ether oxygens (including phenoxy) is 1. The molecule has 0 aromatic heterocycles. The Hall–Kier alpha value is -1.62. The van der Waals surface area contributed by atoms with Gasteiger partial charge in [-0.3, -0.25) is 0 Å². The minimum atomic E-state index is -1.08. The van der Waals surface area contributed by atoms with Crippen LogP contribution in [0.15, 0.2) is 23.8 Å². The summed E-state index contributed by atoms with van der Waals surface area (Å²) in [5.74, 6) is -1.67. The topological polar surface area (TPSA) is 98.6 Å². The highest BCUT2D eigenvalue weighted by Crippen LogP contribution is 2.02. The van der Waals surface area contributed by atoms with Crippen molar-refractivity contribution < 1.29 is 19.4 Å². The van der Waals surface area contributed by atoms with E-state index in [1.807, 2.05) is 0 Å². The van der Waals surface area contributed by atoms with E-state index in [0.717, 1.165) is 0 Å². The standard InChI is InChI=1S/C9H12O4.H3N/c1-4-13-9(12)7(3)5-6(2)8(10)11;/h5H,3-4H2,1-2H3,(H,10,11);1H3. The SMILES string of the molecule is C=C(C=C(C)C(=O)O)C(=O)OCC.N. The number of carboxylic acids is 1. The Bertz CT molecular complexity index is 268. The van der Waals surface area contributed by atoms with E-state index in [-0.39, 0.29) is 23.9 Å². The third-order valence-corrected chi connectivity index (χ3v) is 1.27. The third kappa shape index (κ3) is 5.10. The Morgan fingerprint density at radius 1 is 1.50 bits per heavy atom. The zero-order chi connectivity index (χ0) is 10.4. The Labute approximate surface area is 82.6 Å². The van der Waals surface area contributed by atoms with Gasteiger partial charge in [0.1, 0.15) is 0 Å². The average molecular weight is 201 g/mol. The molecule has 0 saturated heterocycles. The maximum atomic E-state index is 10.9. The van der Waals surface area contributed by atoms with E-state index < -0.39 is 11.9 Å². The number of carbonyl (C=O) groups excluding carboxylic acids is 1. The van der Waals surface area contributed by atoms with Gasteiger partial charge in [0, 0.05) is 5.57 Å². The lowest BCUT2D eigenvalue weighted by Crippen LogP contribution is -2.06. The van der Waals surface area contributed by atoms with Gasteiger partial charge >= 0.3 is 11.9 Å². The van der Waals surface area contributed by atoms with Crippen molar-refractivity contribution in [3.63, 3.8) is 0 Å². The van der Waals surface area contributed by atoms with Crippen molar-refractivity contribution in [2.75, 3.05) is 6.61 Å². The minimum Gasteiger partial charge on any atom is -0.478 e. The summed E-state index contributed by atoms with van der Waals surface area (Å²) in [6.07, 6.45) is 1.18. The Morgan fingerprint density at radius 3 is 2.36 bits per heavy atom. The first-order valence-corrected chi connectivity index (χ1v) is 3.76. The lowest BCUT2D eigenvalue weighted by molar-refractivity contribution is -0.138. The molecule has 0 amide bonds. The summed E-state index contributed by atoms with van der Waals surface area (Å²) >= 11 is 0. The molecule has 0 aliphatic carbocycles. The van der Waals surface area contributed by atoms with E-state index in [1.54, 1.807) is 6.92 Å². The van der Waals surface area contributed by atoms with E-state index in [4.69, 9.17) is 5.11 Å². The number of carboxylic acid groups (broad SMARTS) is 1. The molecule has 14 heavy (non-hydrogen) atoms. The summed E-state index contributed by atoms with van der Waals surface area (Å²) in [7, 11) is 0. The lowest BCUT2D eigenvalue weighted by Gasteiger charge is -2.00. The molecule has 0 atom stereocenters. The highest BCUT2D eigenvalue weighted by molar-refractivity contribution is 5.94. The summed E-state index contributed by atoms with van der Waals surface area (Å²) < 4.78 is 4.61. The van der Waals surface area contributed by atoms with Crippen molar-refractivity contribution in [2.45, 2.75) is 13.8 Å². The van der Waals surface area contributed by atoms with Crippen LogP contribution in [-0.4, -0.2) is 23.7 Å². The fourth-order valence-corrected chi connectivity index (χ4v) is 0.606. The van der Waals surface area contributed by atoms with Gasteiger partial charge in [0.25, 0.3) is 0 Å². The molecule has 0 fully saturated rings. The zero-order valence-corrected chi connectivity index (χ0v) is 8.37. The van der Waals surface area contributed by atoms with Gasteiger partial charge < -0.3 is 16.0 Å². The number of hydrogen-bond acceptors (Lipinski definition) is 4. The number of rotatable bonds is 4. The molecular formula is C9H15NO4. The quantitative estimate of drug-likeness (QED) is 0.405. The van der Waals surface area contributed by atoms with Crippen molar-refractivity contribution in [2.24, 2.45) is 0 Å². The van der Waals surface area contributed by atoms with Crippen LogP contribution in [0.5, 0.6) is 0 Å². The maximum absolute atomic E-state index is 10.9. The van der Waals surface area contributed by atoms with E-state index in [0.29, 0.717) is 0 Å². The number of aliphatic carboxylic acids is 1. The zero-order valence-electron chi connectivity index (χ0n) is 8.37. The van der Waals surface area contributed by atoms with Crippen molar-refractivity contribution >= 4 is 11.9 Å². The van der Waals surface area contributed by atoms with Crippen LogP contribution < -0.4 is 6.15 Å². The summed E-state index contributed by atoms with van der Waals surface area (Å²) in [5.41, 5.74) is 0.0970. The fourth-order valence-electron chi connectivity index (χ4n) is 0.606. The predicted molar refractivity (Wildman–Crippen MR) is 52.2 cm³/mol. The van der Waals surface area contributed by atoms with Crippen LogP contribution in [0.25, 0.3) is 0 Å². The molecule has 0 bridgehead atoms. The Morgan fingerprint density at radius 2 is 2.00 bits per heavy atom. The van der Waals surface area contributed by atoms with Crippen molar-refractivity contribution in [1.29, 1.82) is 0 Å². The first-order valence-electron chi connectivity index (χ1n) is 3.76. The monoisotopic (exact) mass is 201 g/mol. The second-order valence-electron chi connectivity index (χ2n) is 2.38. The van der Waals surface area contributed by atoms with Crippen molar-refractivity contribution in [1.82, 2.24) is 6.15 Å². The molecular weight excluding hydrogens is 186 g/mol. The lowest BCUT2D eigenvalue weighted by atomic mass is 10.2. The first-order chi connectivity index (χ1) is 5.99. The molecule has 80 valence electrons. The van der Waals surface area contributed by atoms with Crippen LogP contribution in [0.2, 0.25) is 0 Å². The minimum absolute atomic E-state index is 0. The van der Waals surface area contributed by atoms with Gasteiger partial charge in [-0.15, -0.1) is 0 Å². The molecule has 0 aromatic carbocycles. The number of hydrogen-bond donors (Lipinski definition) is 2. The molecule has 0 aromatic rings. The molecule has 4 N–H and O–H groups in total. The molecule has 0 saturated carbocycles. The van der Waals surface area contributed by atoms with E-state index in [9.17, 15) is 9.59 Å². The summed E-state index contributed by atoms with van der Waals surface area (Å²) in [6.45, 7) is 6.68. The number of esters is 1. The normalized spacial score (nSPS) is 10.0. The molecule has 5 nitrogen and oxygen atoms in total. The molecule has 0 rings (SSSR count). The summed E-state index contributed by atoms with van der Waals surface area (Å²) in [4.78, 5) is 21.3. The van der Waals surface area contributed by atoms with Gasteiger partial charge in [0.15, 0.2) is 0 Å². The first kappa shape index (κ1) is 14.9. The van der Waals surface area contributed by atoms with Gasteiger partial charge in [-0.1, -0.05) is 6.58 Å². The molecule has 0 unspecified atom stereocenters. The van der Waals surface area contributed by atoms with Crippen LogP contribution >= 0.6 is 0 Å². The van der Waals surface area contributed by atoms with Gasteiger partial charge in [-0.25, -0.2) is 9.59 Å². The third-order valence-electron chi connectivity index (χ3n) is 1.27. The number of carbonyl (C=O) groups is 2. The Kier molecular flexibility index (Phi) is 7.28. The Balaban J connectivity index is 0. The predicted octanol–water partition coefficient (Wildman–Crippen LogP) is 1.30. The van der Waals surface area contributed by atoms with Gasteiger partial charge in [0.05, 0.1) is 12.2 Å². The van der Waals surface area contributed by atoms with Crippen molar-refractivity contribution in [3.05, 3.63) is 23.8 Å². The highest BCUT2D eigenvalue weighted by atomic mass is 16.5. The average Bonchev–Trinajstić information content (AvgIpc) is 2.04. The maximum Gasteiger partial charge on any atom is 0.337 e. The summed E-state index contributed by atoms with van der Waals surface area (Å²) in [6, 6.07) is 0.